The van der Waals surface area contributed by atoms with Gasteiger partial charge in [-0.2, -0.15) is 5.10 Å². The van der Waals surface area contributed by atoms with Crippen LogP contribution in [0.25, 0.3) is 0 Å². The van der Waals surface area contributed by atoms with Gasteiger partial charge in [0, 0.05) is 6.20 Å². The van der Waals surface area contributed by atoms with Crippen LogP contribution in [0.4, 0.5) is 0 Å². The van der Waals surface area contributed by atoms with Crippen LogP contribution in [-0.4, -0.2) is 34.9 Å². The molecule has 1 unspecified atom stereocenters. The van der Waals surface area contributed by atoms with Crippen molar-refractivity contribution in [1.82, 2.24) is 15.1 Å². The Balaban J connectivity index is 2.67. The van der Waals surface area contributed by atoms with Crippen molar-refractivity contribution in [1.29, 1.82) is 0 Å². The lowest BCUT2D eigenvalue weighted by atomic mass is 10.3. The number of hydrogen-bond acceptors (Lipinski definition) is 4. The van der Waals surface area contributed by atoms with Gasteiger partial charge in [-0.25, -0.2) is 0 Å². The van der Waals surface area contributed by atoms with E-state index < -0.39 is 0 Å². The van der Waals surface area contributed by atoms with E-state index in [1.54, 1.807) is 17.8 Å². The number of esters is 1. The van der Waals surface area contributed by atoms with Crippen molar-refractivity contribution in [3.8, 4) is 0 Å². The van der Waals surface area contributed by atoms with Gasteiger partial charge in [-0.1, -0.05) is 18.5 Å². The number of aryl methyl sites for hydroxylation is 1. The highest BCUT2D eigenvalue weighted by Crippen LogP contribution is 2.12. The van der Waals surface area contributed by atoms with Crippen LogP contribution in [0.1, 0.15) is 26.0 Å². The maximum Gasteiger partial charge on any atom is 0.325 e. The first-order chi connectivity index (χ1) is 8.58. The highest BCUT2D eigenvalue weighted by Gasteiger charge is 2.20. The van der Waals surface area contributed by atoms with Gasteiger partial charge in [0.15, 0.2) is 0 Å². The number of rotatable bonds is 7. The molecule has 1 atom stereocenters. The molecule has 0 bridgehead atoms. The molecule has 0 amide bonds. The molecule has 5 nitrogen and oxygen atoms in total. The molecule has 18 heavy (non-hydrogen) atoms. The number of carbonyl (C=O) groups excluding carboxylic acids is 1. The predicted molar refractivity (Wildman–Crippen MR) is 70.7 cm³/mol. The second-order valence-electron chi connectivity index (χ2n) is 4.04. The van der Waals surface area contributed by atoms with Crippen molar-refractivity contribution < 1.29 is 9.53 Å². The van der Waals surface area contributed by atoms with Gasteiger partial charge in [-0.3, -0.25) is 9.48 Å². The van der Waals surface area contributed by atoms with Gasteiger partial charge < -0.3 is 10.1 Å². The van der Waals surface area contributed by atoms with Crippen LogP contribution in [0.2, 0.25) is 5.02 Å². The standard InChI is InChI=1S/C12H20ClN3O2/c1-4-6-14-11(12(17)18-5-2)8-16-7-10(13)9(3)15-16/h7,11,14H,4-6,8H2,1-3H3. The van der Waals surface area contributed by atoms with E-state index in [9.17, 15) is 4.79 Å². The van der Waals surface area contributed by atoms with E-state index in [0.29, 0.717) is 18.2 Å². The largest absolute Gasteiger partial charge is 0.465 e. The maximum absolute atomic E-state index is 11.8. The fraction of sp³-hybridized carbons (Fsp3) is 0.667. The number of ether oxygens (including phenoxy) is 1. The van der Waals surface area contributed by atoms with Gasteiger partial charge in [0.05, 0.1) is 23.9 Å². The molecule has 0 fully saturated rings. The molecule has 6 heteroatoms. The Hall–Kier alpha value is -1.07. The highest BCUT2D eigenvalue weighted by molar-refractivity contribution is 6.31. The van der Waals surface area contributed by atoms with Gasteiger partial charge in [-0.05, 0) is 26.8 Å². The van der Waals surface area contributed by atoms with Crippen molar-refractivity contribution in [2.75, 3.05) is 13.2 Å². The van der Waals surface area contributed by atoms with Crippen molar-refractivity contribution in [3.63, 3.8) is 0 Å². The molecule has 0 saturated heterocycles. The predicted octanol–water partition coefficient (Wildman–Crippen LogP) is 1.78. The third-order valence-corrected chi connectivity index (χ3v) is 2.84. The minimum absolute atomic E-state index is 0.254. The molecule has 1 aromatic heterocycles. The summed E-state index contributed by atoms with van der Waals surface area (Å²) in [4.78, 5) is 11.8. The molecular weight excluding hydrogens is 254 g/mol. The molecular formula is C12H20ClN3O2. The van der Waals surface area contributed by atoms with E-state index in [4.69, 9.17) is 16.3 Å². The van der Waals surface area contributed by atoms with Crippen molar-refractivity contribution in [2.45, 2.75) is 39.8 Å². The molecule has 0 spiro atoms. The van der Waals surface area contributed by atoms with Crippen molar-refractivity contribution >= 4 is 17.6 Å². The minimum Gasteiger partial charge on any atom is -0.465 e. The second-order valence-corrected chi connectivity index (χ2v) is 4.45. The summed E-state index contributed by atoms with van der Waals surface area (Å²) in [6.07, 6.45) is 2.67. The third kappa shape index (κ3) is 4.31. The van der Waals surface area contributed by atoms with E-state index in [1.807, 2.05) is 13.8 Å². The number of hydrogen-bond donors (Lipinski definition) is 1. The zero-order chi connectivity index (χ0) is 13.5. The summed E-state index contributed by atoms with van der Waals surface area (Å²) < 4.78 is 6.70. The summed E-state index contributed by atoms with van der Waals surface area (Å²) in [5.41, 5.74) is 0.759. The highest BCUT2D eigenvalue weighted by atomic mass is 35.5. The third-order valence-electron chi connectivity index (χ3n) is 2.47. The van der Waals surface area contributed by atoms with Crippen LogP contribution < -0.4 is 5.32 Å². The van der Waals surface area contributed by atoms with E-state index in [1.165, 1.54) is 0 Å². The topological polar surface area (TPSA) is 56.2 Å². The van der Waals surface area contributed by atoms with Gasteiger partial charge in [-0.15, -0.1) is 0 Å². The van der Waals surface area contributed by atoms with E-state index in [-0.39, 0.29) is 12.0 Å². The monoisotopic (exact) mass is 273 g/mol. The quantitative estimate of drug-likeness (QED) is 0.770. The van der Waals surface area contributed by atoms with Crippen LogP contribution in [0.15, 0.2) is 6.20 Å². The summed E-state index contributed by atoms with van der Waals surface area (Å²) in [7, 11) is 0. The van der Waals surface area contributed by atoms with Crippen LogP contribution in [0, 0.1) is 6.92 Å². The normalized spacial score (nSPS) is 12.4. The van der Waals surface area contributed by atoms with Crippen LogP contribution in [0.5, 0.6) is 0 Å². The lowest BCUT2D eigenvalue weighted by Gasteiger charge is -2.16. The van der Waals surface area contributed by atoms with Gasteiger partial charge in [0.1, 0.15) is 6.04 Å². The molecule has 0 aliphatic rings. The zero-order valence-electron chi connectivity index (χ0n) is 11.1. The van der Waals surface area contributed by atoms with Crippen molar-refractivity contribution in [2.24, 2.45) is 0 Å². The molecule has 0 saturated carbocycles. The average Bonchev–Trinajstić information content (AvgIpc) is 2.64. The SMILES string of the molecule is CCCNC(Cn1cc(Cl)c(C)n1)C(=O)OCC. The zero-order valence-corrected chi connectivity index (χ0v) is 11.8. The summed E-state index contributed by atoms with van der Waals surface area (Å²) in [6.45, 7) is 7.23. The number of nitrogens with zero attached hydrogens (tertiary/aromatic N) is 2. The van der Waals surface area contributed by atoms with Gasteiger partial charge >= 0.3 is 5.97 Å². The first kappa shape index (κ1) is 15.0. The fourth-order valence-corrected chi connectivity index (χ4v) is 1.71. The van der Waals surface area contributed by atoms with E-state index in [2.05, 4.69) is 10.4 Å². The molecule has 0 aliphatic carbocycles. The lowest BCUT2D eigenvalue weighted by molar-refractivity contribution is -0.146. The number of aromatic nitrogens is 2. The Kier molecular flexibility index (Phi) is 6.15. The number of carbonyl (C=O) groups is 1. The van der Waals surface area contributed by atoms with Crippen LogP contribution in [-0.2, 0) is 16.1 Å². The summed E-state index contributed by atoms with van der Waals surface area (Å²) >= 11 is 5.94. The lowest BCUT2D eigenvalue weighted by Crippen LogP contribution is -2.42. The molecule has 1 N–H and O–H groups in total. The first-order valence-electron chi connectivity index (χ1n) is 6.18. The Labute approximate surface area is 112 Å². The van der Waals surface area contributed by atoms with Gasteiger partial charge in [0.2, 0.25) is 0 Å². The Morgan fingerprint density at radius 1 is 1.61 bits per heavy atom. The first-order valence-corrected chi connectivity index (χ1v) is 6.55. The minimum atomic E-state index is -0.389. The second kappa shape index (κ2) is 7.38. The average molecular weight is 274 g/mol. The maximum atomic E-state index is 11.8. The van der Waals surface area contributed by atoms with Gasteiger partial charge in [0.25, 0.3) is 0 Å². The molecule has 1 rings (SSSR count). The molecule has 0 aromatic carbocycles. The van der Waals surface area contributed by atoms with E-state index in [0.717, 1.165) is 18.7 Å². The summed E-state index contributed by atoms with van der Waals surface area (Å²) in [6, 6.07) is -0.389. The van der Waals surface area contributed by atoms with Crippen molar-refractivity contribution in [3.05, 3.63) is 16.9 Å². The van der Waals surface area contributed by atoms with Crippen LogP contribution in [0.3, 0.4) is 0 Å². The Morgan fingerprint density at radius 2 is 2.33 bits per heavy atom. The summed E-state index contributed by atoms with van der Waals surface area (Å²) in [5, 5.41) is 8.00. The smallest absolute Gasteiger partial charge is 0.325 e. The van der Waals surface area contributed by atoms with Crippen LogP contribution >= 0.6 is 11.6 Å². The molecule has 102 valence electrons. The molecule has 1 heterocycles. The molecule has 1 aromatic rings. The molecule has 0 aliphatic heterocycles. The number of nitrogens with one attached hydrogen (secondary N) is 1. The summed E-state index contributed by atoms with van der Waals surface area (Å²) in [5.74, 6) is -0.254. The Morgan fingerprint density at radius 3 is 2.83 bits per heavy atom. The molecule has 0 radical (unpaired) electrons. The van der Waals surface area contributed by atoms with E-state index >= 15 is 0 Å². The number of halogens is 1. The Bertz CT molecular complexity index is 373. The fourth-order valence-electron chi connectivity index (χ4n) is 1.56.